The lowest BCUT2D eigenvalue weighted by molar-refractivity contribution is 0.0781. The molecule has 2 heterocycles. The summed E-state index contributed by atoms with van der Waals surface area (Å²) in [6, 6.07) is 7.39. The minimum Gasteiger partial charge on any atom is -0.399 e. The number of hydrogen-bond acceptors (Lipinski definition) is 4. The first-order valence-corrected chi connectivity index (χ1v) is 7.09. The molecule has 0 saturated carbocycles. The summed E-state index contributed by atoms with van der Waals surface area (Å²) in [6.07, 6.45) is 0. The highest BCUT2D eigenvalue weighted by Crippen LogP contribution is 2.20. The van der Waals surface area contributed by atoms with Crippen molar-refractivity contribution in [2.24, 2.45) is 0 Å². The van der Waals surface area contributed by atoms with Crippen LogP contribution in [0.2, 0.25) is 0 Å². The summed E-state index contributed by atoms with van der Waals surface area (Å²) in [6.45, 7) is 0.568. The van der Waals surface area contributed by atoms with E-state index in [4.69, 9.17) is 5.73 Å². The summed E-state index contributed by atoms with van der Waals surface area (Å²) in [5, 5.41) is 11.8. The first kappa shape index (κ1) is 12.7. The summed E-state index contributed by atoms with van der Waals surface area (Å²) >= 11 is 1.62. The number of aromatic amines is 1. The minimum atomic E-state index is -0.118. The van der Waals surface area contributed by atoms with Crippen molar-refractivity contribution in [3.05, 3.63) is 46.3 Å². The van der Waals surface area contributed by atoms with Crippen LogP contribution in [0.25, 0.3) is 10.9 Å². The van der Waals surface area contributed by atoms with Gasteiger partial charge >= 0.3 is 0 Å². The second-order valence-electron chi connectivity index (χ2n) is 4.67. The van der Waals surface area contributed by atoms with Crippen molar-refractivity contribution < 1.29 is 4.79 Å². The molecule has 3 rings (SSSR count). The molecular formula is C14H14N4OS. The van der Waals surface area contributed by atoms with Gasteiger partial charge in [0.05, 0.1) is 5.52 Å². The van der Waals surface area contributed by atoms with Gasteiger partial charge in [0, 0.05) is 24.7 Å². The molecule has 102 valence electrons. The summed E-state index contributed by atoms with van der Waals surface area (Å²) in [7, 11) is 1.77. The standard InChI is InChI=1S/C14H14N4OS/c1-18(7-9-4-5-20-8-9)14(19)13-11-6-10(15)2-3-12(11)16-17-13/h2-6,8H,7,15H2,1H3,(H,16,17). The molecule has 0 saturated heterocycles. The van der Waals surface area contributed by atoms with Gasteiger partial charge in [-0.05, 0) is 40.6 Å². The molecule has 1 amide bonds. The average Bonchev–Trinajstić information content (AvgIpc) is 3.06. The lowest BCUT2D eigenvalue weighted by Gasteiger charge is -2.15. The van der Waals surface area contributed by atoms with Crippen LogP contribution in [0.5, 0.6) is 0 Å². The van der Waals surface area contributed by atoms with Crippen molar-refractivity contribution in [3.8, 4) is 0 Å². The van der Waals surface area contributed by atoms with E-state index in [2.05, 4.69) is 10.2 Å². The Morgan fingerprint density at radius 2 is 2.30 bits per heavy atom. The largest absolute Gasteiger partial charge is 0.399 e. The molecule has 0 fully saturated rings. The van der Waals surface area contributed by atoms with Gasteiger partial charge in [-0.1, -0.05) is 0 Å². The number of fused-ring (bicyclic) bond motifs is 1. The Hall–Kier alpha value is -2.34. The lowest BCUT2D eigenvalue weighted by atomic mass is 10.1. The number of anilines is 1. The Bertz CT molecular complexity index is 748. The number of thiophene rings is 1. The second-order valence-corrected chi connectivity index (χ2v) is 5.45. The number of carbonyl (C=O) groups excluding carboxylic acids is 1. The number of aromatic nitrogens is 2. The first-order chi connectivity index (χ1) is 9.65. The summed E-state index contributed by atoms with van der Waals surface area (Å²) in [4.78, 5) is 14.1. The lowest BCUT2D eigenvalue weighted by Crippen LogP contribution is -2.26. The molecule has 6 heteroatoms. The first-order valence-electron chi connectivity index (χ1n) is 6.15. The van der Waals surface area contributed by atoms with Gasteiger partial charge in [-0.2, -0.15) is 16.4 Å². The van der Waals surface area contributed by atoms with Crippen molar-refractivity contribution in [1.82, 2.24) is 15.1 Å². The Balaban J connectivity index is 1.90. The molecule has 20 heavy (non-hydrogen) atoms. The van der Waals surface area contributed by atoms with Gasteiger partial charge in [-0.25, -0.2) is 0 Å². The van der Waals surface area contributed by atoms with Crippen molar-refractivity contribution >= 4 is 33.8 Å². The third kappa shape index (κ3) is 2.25. The summed E-state index contributed by atoms with van der Waals surface area (Å²) in [5.41, 5.74) is 8.73. The smallest absolute Gasteiger partial charge is 0.275 e. The highest BCUT2D eigenvalue weighted by molar-refractivity contribution is 7.07. The Morgan fingerprint density at radius 3 is 3.05 bits per heavy atom. The minimum absolute atomic E-state index is 0.118. The second kappa shape index (κ2) is 4.97. The molecule has 2 aromatic heterocycles. The topological polar surface area (TPSA) is 75.0 Å². The van der Waals surface area contributed by atoms with E-state index < -0.39 is 0 Å². The molecule has 0 aliphatic heterocycles. The number of nitrogens with two attached hydrogens (primary N) is 1. The van der Waals surface area contributed by atoms with E-state index in [0.29, 0.717) is 17.9 Å². The predicted octanol–water partition coefficient (Wildman–Crippen LogP) is 2.48. The average molecular weight is 286 g/mol. The van der Waals surface area contributed by atoms with E-state index >= 15 is 0 Å². The Labute approximate surface area is 120 Å². The van der Waals surface area contributed by atoms with Crippen LogP contribution in [0, 0.1) is 0 Å². The van der Waals surface area contributed by atoms with E-state index in [-0.39, 0.29) is 5.91 Å². The zero-order valence-electron chi connectivity index (χ0n) is 11.0. The zero-order valence-corrected chi connectivity index (χ0v) is 11.8. The zero-order chi connectivity index (χ0) is 14.1. The summed E-state index contributed by atoms with van der Waals surface area (Å²) in [5.74, 6) is -0.118. The predicted molar refractivity (Wildman–Crippen MR) is 80.6 cm³/mol. The van der Waals surface area contributed by atoms with Crippen LogP contribution < -0.4 is 5.73 Å². The maximum atomic E-state index is 12.5. The third-order valence-corrected chi connectivity index (χ3v) is 3.87. The molecule has 3 N–H and O–H groups in total. The fraction of sp³-hybridized carbons (Fsp3) is 0.143. The van der Waals surface area contributed by atoms with E-state index in [0.717, 1.165) is 16.5 Å². The van der Waals surface area contributed by atoms with E-state index in [1.165, 1.54) is 0 Å². The van der Waals surface area contributed by atoms with Gasteiger partial charge in [0.2, 0.25) is 0 Å². The number of nitrogens with zero attached hydrogens (tertiary/aromatic N) is 2. The molecular weight excluding hydrogens is 272 g/mol. The SMILES string of the molecule is CN(Cc1ccsc1)C(=O)c1n[nH]c2ccc(N)cc12. The number of nitrogens with one attached hydrogen (secondary N) is 1. The number of amides is 1. The maximum absolute atomic E-state index is 12.5. The number of hydrogen-bond donors (Lipinski definition) is 2. The normalized spacial score (nSPS) is 10.8. The van der Waals surface area contributed by atoms with Crippen LogP contribution in [0.15, 0.2) is 35.0 Å². The summed E-state index contributed by atoms with van der Waals surface area (Å²) < 4.78 is 0. The number of carbonyl (C=O) groups is 1. The van der Waals surface area contributed by atoms with Gasteiger partial charge in [0.25, 0.3) is 5.91 Å². The van der Waals surface area contributed by atoms with Crippen molar-refractivity contribution in [3.63, 3.8) is 0 Å². The number of nitrogen functional groups attached to an aromatic ring is 1. The molecule has 0 atom stereocenters. The van der Waals surface area contributed by atoms with E-state index in [1.54, 1.807) is 35.4 Å². The molecule has 1 aromatic carbocycles. The van der Waals surface area contributed by atoms with Crippen LogP contribution in [0.4, 0.5) is 5.69 Å². The maximum Gasteiger partial charge on any atom is 0.275 e. The van der Waals surface area contributed by atoms with Crippen LogP contribution in [0.1, 0.15) is 16.1 Å². The highest BCUT2D eigenvalue weighted by Gasteiger charge is 2.18. The van der Waals surface area contributed by atoms with Crippen LogP contribution in [-0.2, 0) is 6.54 Å². The van der Waals surface area contributed by atoms with Gasteiger partial charge in [-0.15, -0.1) is 0 Å². The van der Waals surface area contributed by atoms with Gasteiger partial charge in [0.1, 0.15) is 0 Å². The van der Waals surface area contributed by atoms with Crippen LogP contribution in [-0.4, -0.2) is 28.1 Å². The van der Waals surface area contributed by atoms with Gasteiger partial charge in [-0.3, -0.25) is 9.89 Å². The quantitative estimate of drug-likeness (QED) is 0.726. The molecule has 0 radical (unpaired) electrons. The molecule has 5 nitrogen and oxygen atoms in total. The third-order valence-electron chi connectivity index (χ3n) is 3.14. The Kier molecular flexibility index (Phi) is 3.15. The van der Waals surface area contributed by atoms with E-state index in [1.807, 2.05) is 22.9 Å². The number of rotatable bonds is 3. The molecule has 0 aliphatic rings. The fourth-order valence-electron chi connectivity index (χ4n) is 2.10. The van der Waals surface area contributed by atoms with E-state index in [9.17, 15) is 4.79 Å². The fourth-order valence-corrected chi connectivity index (χ4v) is 2.76. The molecule has 0 unspecified atom stereocenters. The van der Waals surface area contributed by atoms with Crippen molar-refractivity contribution in [1.29, 1.82) is 0 Å². The number of H-pyrrole nitrogens is 1. The monoisotopic (exact) mass is 286 g/mol. The van der Waals surface area contributed by atoms with Gasteiger partial charge in [0.15, 0.2) is 5.69 Å². The van der Waals surface area contributed by atoms with Crippen molar-refractivity contribution in [2.45, 2.75) is 6.54 Å². The number of benzene rings is 1. The van der Waals surface area contributed by atoms with Crippen LogP contribution in [0.3, 0.4) is 0 Å². The molecule has 3 aromatic rings. The molecule has 0 bridgehead atoms. The van der Waals surface area contributed by atoms with Crippen LogP contribution >= 0.6 is 11.3 Å². The van der Waals surface area contributed by atoms with Gasteiger partial charge < -0.3 is 10.6 Å². The molecule has 0 spiro atoms. The molecule has 0 aliphatic carbocycles. The van der Waals surface area contributed by atoms with Crippen molar-refractivity contribution in [2.75, 3.05) is 12.8 Å². The highest BCUT2D eigenvalue weighted by atomic mass is 32.1. The Morgan fingerprint density at radius 1 is 1.45 bits per heavy atom.